The molecule has 0 saturated heterocycles. The Bertz CT molecular complexity index is 838. The van der Waals surface area contributed by atoms with Gasteiger partial charge in [-0.25, -0.2) is 4.98 Å². The first-order chi connectivity index (χ1) is 12.3. The third kappa shape index (κ3) is 3.67. The fraction of sp³-hybridized carbons (Fsp3) is 0.318. The highest BCUT2D eigenvalue weighted by molar-refractivity contribution is 5.78. The third-order valence-corrected chi connectivity index (χ3v) is 5.11. The lowest BCUT2D eigenvalue weighted by atomic mass is 9.94. The summed E-state index contributed by atoms with van der Waals surface area (Å²) in [5.74, 6) is 1.21. The molecule has 128 valence electrons. The fourth-order valence-electron chi connectivity index (χ4n) is 3.65. The molecule has 0 aliphatic heterocycles. The molecule has 1 aliphatic carbocycles. The zero-order valence-corrected chi connectivity index (χ0v) is 14.3. The second kappa shape index (κ2) is 7.24. The molecular formula is C22H23NO2. The van der Waals surface area contributed by atoms with E-state index in [0.717, 1.165) is 40.8 Å². The van der Waals surface area contributed by atoms with Gasteiger partial charge in [-0.15, -0.1) is 0 Å². The van der Waals surface area contributed by atoms with Crippen molar-refractivity contribution in [3.05, 3.63) is 71.9 Å². The lowest BCUT2D eigenvalue weighted by Gasteiger charge is -2.18. The van der Waals surface area contributed by atoms with Crippen molar-refractivity contribution in [1.29, 1.82) is 0 Å². The molecule has 2 aromatic carbocycles. The molecule has 1 atom stereocenters. The molecule has 3 nitrogen and oxygen atoms in total. The average molecular weight is 333 g/mol. The molecule has 1 heterocycles. The lowest BCUT2D eigenvalue weighted by Crippen LogP contribution is -2.08. The highest BCUT2D eigenvalue weighted by Gasteiger charge is 2.24. The minimum atomic E-state index is -0.348. The van der Waals surface area contributed by atoms with Crippen LogP contribution in [0.25, 0.3) is 10.9 Å². The number of fused-ring (bicyclic) bond motifs is 1. The number of benzene rings is 2. The fourth-order valence-corrected chi connectivity index (χ4v) is 3.65. The Hall–Kier alpha value is -2.39. The van der Waals surface area contributed by atoms with Gasteiger partial charge in [0.1, 0.15) is 12.4 Å². The average Bonchev–Trinajstić information content (AvgIpc) is 3.21. The molecule has 0 radical (unpaired) electrons. The van der Waals surface area contributed by atoms with Crippen LogP contribution in [0.2, 0.25) is 0 Å². The van der Waals surface area contributed by atoms with E-state index in [-0.39, 0.29) is 6.10 Å². The molecule has 4 rings (SSSR count). The van der Waals surface area contributed by atoms with E-state index in [0.29, 0.717) is 12.5 Å². The van der Waals surface area contributed by atoms with Crippen molar-refractivity contribution in [3.8, 4) is 5.75 Å². The number of para-hydroxylation sites is 1. The van der Waals surface area contributed by atoms with Crippen molar-refractivity contribution in [2.24, 2.45) is 5.92 Å². The first kappa shape index (κ1) is 16.1. The van der Waals surface area contributed by atoms with Crippen LogP contribution in [-0.2, 0) is 6.61 Å². The van der Waals surface area contributed by atoms with E-state index < -0.39 is 0 Å². The quantitative estimate of drug-likeness (QED) is 0.711. The molecule has 1 unspecified atom stereocenters. The number of ether oxygens (including phenoxy) is 1. The largest absolute Gasteiger partial charge is 0.487 e. The Morgan fingerprint density at radius 3 is 2.52 bits per heavy atom. The van der Waals surface area contributed by atoms with Gasteiger partial charge in [-0.1, -0.05) is 49.2 Å². The normalized spacial score (nSPS) is 16.2. The lowest BCUT2D eigenvalue weighted by molar-refractivity contribution is 0.111. The van der Waals surface area contributed by atoms with E-state index in [1.807, 2.05) is 48.5 Å². The van der Waals surface area contributed by atoms with Crippen molar-refractivity contribution < 1.29 is 9.84 Å². The Balaban J connectivity index is 1.40. The Morgan fingerprint density at radius 2 is 1.72 bits per heavy atom. The van der Waals surface area contributed by atoms with E-state index in [9.17, 15) is 5.11 Å². The minimum absolute atomic E-state index is 0.348. The summed E-state index contributed by atoms with van der Waals surface area (Å²) in [5, 5.41) is 11.6. The molecule has 0 spiro atoms. The van der Waals surface area contributed by atoms with Crippen LogP contribution in [0.15, 0.2) is 60.7 Å². The standard InChI is InChI=1S/C22H23NO2/c24-22(17-6-1-2-7-17)18-10-13-20(14-11-18)25-15-19-12-9-16-5-3-4-8-21(16)23-19/h3-5,8-14,17,22,24H,1-2,6-7,15H2. The number of rotatable bonds is 5. The van der Waals surface area contributed by atoms with Crippen molar-refractivity contribution >= 4 is 10.9 Å². The number of pyridine rings is 1. The van der Waals surface area contributed by atoms with Crippen LogP contribution < -0.4 is 4.74 Å². The van der Waals surface area contributed by atoms with Crippen LogP contribution in [0.1, 0.15) is 43.0 Å². The van der Waals surface area contributed by atoms with Crippen LogP contribution in [0.5, 0.6) is 5.75 Å². The third-order valence-electron chi connectivity index (χ3n) is 5.11. The zero-order chi connectivity index (χ0) is 17.1. The topological polar surface area (TPSA) is 42.4 Å². The predicted octanol–water partition coefficient (Wildman–Crippen LogP) is 5.04. The SMILES string of the molecule is OC(c1ccc(OCc2ccc3ccccc3n2)cc1)C1CCCC1. The molecule has 1 fully saturated rings. The molecule has 0 amide bonds. The van der Waals surface area contributed by atoms with Crippen molar-refractivity contribution in [2.45, 2.75) is 38.4 Å². The van der Waals surface area contributed by atoms with Crippen molar-refractivity contribution in [2.75, 3.05) is 0 Å². The summed E-state index contributed by atoms with van der Waals surface area (Å²) in [7, 11) is 0. The second-order valence-electron chi connectivity index (χ2n) is 6.84. The van der Waals surface area contributed by atoms with E-state index in [4.69, 9.17) is 4.74 Å². The highest BCUT2D eigenvalue weighted by Crippen LogP contribution is 2.35. The first-order valence-corrected chi connectivity index (χ1v) is 9.05. The maximum atomic E-state index is 10.5. The van der Waals surface area contributed by atoms with Gasteiger partial charge in [-0.05, 0) is 48.6 Å². The number of aliphatic hydroxyl groups is 1. The summed E-state index contributed by atoms with van der Waals surface area (Å²) in [6.45, 7) is 0.440. The van der Waals surface area contributed by atoms with Gasteiger partial charge in [0.05, 0.1) is 17.3 Å². The Morgan fingerprint density at radius 1 is 0.960 bits per heavy atom. The highest BCUT2D eigenvalue weighted by atomic mass is 16.5. The summed E-state index contributed by atoms with van der Waals surface area (Å²) >= 11 is 0. The Labute approximate surface area is 148 Å². The summed E-state index contributed by atoms with van der Waals surface area (Å²) in [5.41, 5.74) is 2.88. The van der Waals surface area contributed by atoms with Crippen LogP contribution >= 0.6 is 0 Å². The van der Waals surface area contributed by atoms with Gasteiger partial charge in [0.2, 0.25) is 0 Å². The number of hydrogen-bond donors (Lipinski definition) is 1. The first-order valence-electron chi connectivity index (χ1n) is 9.05. The number of hydrogen-bond acceptors (Lipinski definition) is 3. The Kier molecular flexibility index (Phi) is 4.66. The molecule has 1 aromatic heterocycles. The van der Waals surface area contributed by atoms with Crippen LogP contribution in [0.3, 0.4) is 0 Å². The zero-order valence-electron chi connectivity index (χ0n) is 14.3. The molecule has 1 N–H and O–H groups in total. The summed E-state index contributed by atoms with van der Waals surface area (Å²) in [4.78, 5) is 4.62. The van der Waals surface area contributed by atoms with Gasteiger partial charge in [0.15, 0.2) is 0 Å². The van der Waals surface area contributed by atoms with Crippen molar-refractivity contribution in [3.63, 3.8) is 0 Å². The molecule has 1 saturated carbocycles. The maximum absolute atomic E-state index is 10.5. The van der Waals surface area contributed by atoms with E-state index >= 15 is 0 Å². The van der Waals surface area contributed by atoms with E-state index in [2.05, 4.69) is 17.1 Å². The van der Waals surface area contributed by atoms with Gasteiger partial charge in [0.25, 0.3) is 0 Å². The predicted molar refractivity (Wildman–Crippen MR) is 99.4 cm³/mol. The van der Waals surface area contributed by atoms with Crippen LogP contribution in [0.4, 0.5) is 0 Å². The monoisotopic (exact) mass is 333 g/mol. The molecule has 0 bridgehead atoms. The maximum Gasteiger partial charge on any atom is 0.130 e. The van der Waals surface area contributed by atoms with E-state index in [1.54, 1.807) is 0 Å². The smallest absolute Gasteiger partial charge is 0.130 e. The molecular weight excluding hydrogens is 310 g/mol. The van der Waals surface area contributed by atoms with Gasteiger partial charge in [-0.2, -0.15) is 0 Å². The second-order valence-corrected chi connectivity index (χ2v) is 6.84. The summed E-state index contributed by atoms with van der Waals surface area (Å²) < 4.78 is 5.86. The van der Waals surface area contributed by atoms with Gasteiger partial charge >= 0.3 is 0 Å². The van der Waals surface area contributed by atoms with E-state index in [1.165, 1.54) is 12.8 Å². The molecule has 3 heteroatoms. The molecule has 3 aromatic rings. The molecule has 25 heavy (non-hydrogen) atoms. The van der Waals surface area contributed by atoms with Crippen molar-refractivity contribution in [1.82, 2.24) is 4.98 Å². The number of aromatic nitrogens is 1. The van der Waals surface area contributed by atoms with Gasteiger partial charge in [-0.3, -0.25) is 0 Å². The van der Waals surface area contributed by atoms with Crippen LogP contribution in [0, 0.1) is 5.92 Å². The number of nitrogens with zero attached hydrogens (tertiary/aromatic N) is 1. The van der Waals surface area contributed by atoms with Crippen LogP contribution in [-0.4, -0.2) is 10.1 Å². The molecule has 1 aliphatic rings. The van der Waals surface area contributed by atoms with Gasteiger partial charge < -0.3 is 9.84 Å². The minimum Gasteiger partial charge on any atom is -0.487 e. The number of aliphatic hydroxyl groups excluding tert-OH is 1. The summed E-state index contributed by atoms with van der Waals surface area (Å²) in [6, 6.07) is 20.0. The summed E-state index contributed by atoms with van der Waals surface area (Å²) in [6.07, 6.45) is 4.39. The van der Waals surface area contributed by atoms with Gasteiger partial charge in [0, 0.05) is 5.39 Å².